The van der Waals surface area contributed by atoms with Crippen molar-refractivity contribution in [2.45, 2.75) is 0 Å². The minimum atomic E-state index is 0.662. The number of benzene rings is 7. The van der Waals surface area contributed by atoms with Gasteiger partial charge in [-0.1, -0.05) is 115 Å². The van der Waals surface area contributed by atoms with Crippen molar-refractivity contribution < 1.29 is 0 Å². The van der Waals surface area contributed by atoms with E-state index in [0.29, 0.717) is 5.56 Å². The molecule has 1 heterocycles. The van der Waals surface area contributed by atoms with Gasteiger partial charge in [-0.15, -0.1) is 0 Å². The lowest BCUT2D eigenvalue weighted by molar-refractivity contribution is 1.41. The molecule has 7 aromatic carbocycles. The molecular formula is C40H24N2. The summed E-state index contributed by atoms with van der Waals surface area (Å²) in [4.78, 5) is 5.34. The summed E-state index contributed by atoms with van der Waals surface area (Å²) in [6.45, 7) is 0. The van der Waals surface area contributed by atoms with Gasteiger partial charge in [-0.25, -0.2) is 4.98 Å². The van der Waals surface area contributed by atoms with E-state index in [1.165, 1.54) is 21.5 Å². The Kier molecular flexibility index (Phi) is 5.55. The Labute approximate surface area is 243 Å². The minimum absolute atomic E-state index is 0.662. The van der Waals surface area contributed by atoms with Gasteiger partial charge >= 0.3 is 0 Å². The molecule has 0 unspecified atom stereocenters. The molecule has 42 heavy (non-hydrogen) atoms. The highest BCUT2D eigenvalue weighted by Gasteiger charge is 2.17. The van der Waals surface area contributed by atoms with Crippen molar-refractivity contribution in [3.05, 3.63) is 151 Å². The van der Waals surface area contributed by atoms with Crippen LogP contribution in [-0.4, -0.2) is 4.98 Å². The molecule has 1 aromatic heterocycles. The molecule has 8 aromatic rings. The smallest absolute Gasteiger partial charge is 0.0998 e. The first-order valence-corrected chi connectivity index (χ1v) is 14.1. The highest BCUT2D eigenvalue weighted by atomic mass is 14.7. The normalized spacial score (nSPS) is 11.3. The zero-order valence-electron chi connectivity index (χ0n) is 22.8. The molecule has 0 saturated heterocycles. The summed E-state index contributed by atoms with van der Waals surface area (Å²) in [5.74, 6) is 0. The maximum Gasteiger partial charge on any atom is 0.0998 e. The highest BCUT2D eigenvalue weighted by Crippen LogP contribution is 2.41. The van der Waals surface area contributed by atoms with Gasteiger partial charge < -0.3 is 0 Å². The van der Waals surface area contributed by atoms with Crippen molar-refractivity contribution in [2.24, 2.45) is 0 Å². The molecule has 2 nitrogen and oxygen atoms in total. The monoisotopic (exact) mass is 532 g/mol. The second-order valence-corrected chi connectivity index (χ2v) is 10.7. The van der Waals surface area contributed by atoms with Gasteiger partial charge in [0.1, 0.15) is 0 Å². The van der Waals surface area contributed by atoms with E-state index in [-0.39, 0.29) is 0 Å². The molecule has 0 N–H and O–H groups in total. The van der Waals surface area contributed by atoms with E-state index in [4.69, 9.17) is 4.98 Å². The number of hydrogen-bond donors (Lipinski definition) is 0. The zero-order chi connectivity index (χ0) is 28.0. The summed E-state index contributed by atoms with van der Waals surface area (Å²) in [6, 6.07) is 53.3. The van der Waals surface area contributed by atoms with Crippen molar-refractivity contribution in [1.82, 2.24) is 4.98 Å². The van der Waals surface area contributed by atoms with Crippen LogP contribution in [-0.2, 0) is 0 Å². The fourth-order valence-electron chi connectivity index (χ4n) is 6.18. The van der Waals surface area contributed by atoms with E-state index in [1.54, 1.807) is 0 Å². The molecule has 0 atom stereocenters. The van der Waals surface area contributed by atoms with Crippen molar-refractivity contribution in [3.63, 3.8) is 0 Å². The van der Waals surface area contributed by atoms with E-state index < -0.39 is 0 Å². The van der Waals surface area contributed by atoms with Crippen molar-refractivity contribution in [3.8, 4) is 39.6 Å². The van der Waals surface area contributed by atoms with Crippen LogP contribution in [0, 0.1) is 11.3 Å². The van der Waals surface area contributed by atoms with Crippen molar-refractivity contribution >= 4 is 43.2 Å². The average molecular weight is 533 g/mol. The van der Waals surface area contributed by atoms with Crippen LogP contribution >= 0.6 is 0 Å². The van der Waals surface area contributed by atoms with E-state index in [1.807, 2.05) is 24.3 Å². The molecule has 0 aliphatic heterocycles. The molecule has 2 heteroatoms. The third kappa shape index (κ3) is 3.91. The van der Waals surface area contributed by atoms with E-state index >= 15 is 0 Å². The largest absolute Gasteiger partial charge is 0.247 e. The van der Waals surface area contributed by atoms with Gasteiger partial charge in [0.15, 0.2) is 0 Å². The Balaban J connectivity index is 1.49. The predicted octanol–water partition coefficient (Wildman–Crippen LogP) is 10.6. The molecule has 0 aliphatic rings. The Morgan fingerprint density at radius 3 is 1.76 bits per heavy atom. The third-order valence-electron chi connectivity index (χ3n) is 8.26. The van der Waals surface area contributed by atoms with Crippen LogP contribution in [0.2, 0.25) is 0 Å². The van der Waals surface area contributed by atoms with Crippen LogP contribution in [0.4, 0.5) is 0 Å². The van der Waals surface area contributed by atoms with Crippen molar-refractivity contribution in [1.29, 1.82) is 5.26 Å². The Hall–Kier alpha value is -5.78. The molecule has 0 radical (unpaired) electrons. The molecule has 8 rings (SSSR count). The van der Waals surface area contributed by atoms with Gasteiger partial charge in [0.25, 0.3) is 0 Å². The zero-order valence-corrected chi connectivity index (χ0v) is 22.8. The molecule has 0 spiro atoms. The first-order chi connectivity index (χ1) is 20.8. The van der Waals surface area contributed by atoms with Gasteiger partial charge in [0, 0.05) is 21.9 Å². The number of fused-ring (bicyclic) bond motifs is 5. The molecule has 0 fully saturated rings. The van der Waals surface area contributed by atoms with Gasteiger partial charge in [0.05, 0.1) is 22.8 Å². The summed E-state index contributed by atoms with van der Waals surface area (Å²) < 4.78 is 0. The van der Waals surface area contributed by atoms with Crippen LogP contribution < -0.4 is 0 Å². The second kappa shape index (κ2) is 9.70. The van der Waals surface area contributed by atoms with Crippen LogP contribution in [0.5, 0.6) is 0 Å². The Morgan fingerprint density at radius 1 is 0.429 bits per heavy atom. The number of pyridine rings is 1. The summed E-state index contributed by atoms with van der Waals surface area (Å²) >= 11 is 0. The standard InChI is InChI=1S/C40H24N2/c41-25-32-13-5-6-14-33(32)37-23-38-36(30-19-17-26-9-1-3-11-28(26)21-30)24-39(42-40(38)35-16-8-7-15-34(35)37)31-20-18-27-10-2-4-12-29(27)22-31/h1-24H. The summed E-state index contributed by atoms with van der Waals surface area (Å²) in [5, 5.41) is 18.0. The van der Waals surface area contributed by atoms with Gasteiger partial charge in [-0.3, -0.25) is 0 Å². The SMILES string of the molecule is N#Cc1ccccc1-c1cc2c(-c3ccc4ccccc4c3)cc(-c3ccc4ccccc4c3)nc2c2ccccc12. The third-order valence-corrected chi connectivity index (χ3v) is 8.26. The quantitative estimate of drug-likeness (QED) is 0.212. The Bertz CT molecular complexity index is 2380. The van der Waals surface area contributed by atoms with E-state index in [2.05, 4.69) is 127 Å². The lowest BCUT2D eigenvalue weighted by atomic mass is 9.89. The first-order valence-electron chi connectivity index (χ1n) is 14.1. The van der Waals surface area contributed by atoms with Crippen LogP contribution in [0.1, 0.15) is 5.56 Å². The van der Waals surface area contributed by atoms with Gasteiger partial charge in [0.2, 0.25) is 0 Å². The first kappa shape index (κ1) is 24.1. The summed E-state index contributed by atoms with van der Waals surface area (Å²) in [6.07, 6.45) is 0. The minimum Gasteiger partial charge on any atom is -0.247 e. The lowest BCUT2D eigenvalue weighted by Gasteiger charge is -2.16. The molecule has 194 valence electrons. The predicted molar refractivity (Wildman–Crippen MR) is 175 cm³/mol. The van der Waals surface area contributed by atoms with Gasteiger partial charge in [-0.2, -0.15) is 5.26 Å². The fraction of sp³-hybridized carbons (Fsp3) is 0. The number of nitriles is 1. The average Bonchev–Trinajstić information content (AvgIpc) is 3.07. The van der Waals surface area contributed by atoms with Crippen molar-refractivity contribution in [2.75, 3.05) is 0 Å². The van der Waals surface area contributed by atoms with Crippen LogP contribution in [0.15, 0.2) is 146 Å². The van der Waals surface area contributed by atoms with E-state index in [0.717, 1.165) is 55.2 Å². The lowest BCUT2D eigenvalue weighted by Crippen LogP contribution is -1.94. The van der Waals surface area contributed by atoms with Crippen LogP contribution in [0.25, 0.3) is 76.7 Å². The van der Waals surface area contributed by atoms with Gasteiger partial charge in [-0.05, 0) is 74.0 Å². The topological polar surface area (TPSA) is 36.7 Å². The second-order valence-electron chi connectivity index (χ2n) is 10.7. The van der Waals surface area contributed by atoms with E-state index in [9.17, 15) is 5.26 Å². The Morgan fingerprint density at radius 2 is 1.02 bits per heavy atom. The molecule has 0 bridgehead atoms. The fourth-order valence-corrected chi connectivity index (χ4v) is 6.18. The molecular weight excluding hydrogens is 508 g/mol. The number of aromatic nitrogens is 1. The molecule has 0 saturated carbocycles. The highest BCUT2D eigenvalue weighted by molar-refractivity contribution is 6.16. The molecule has 0 amide bonds. The number of nitrogens with zero attached hydrogens (tertiary/aromatic N) is 2. The van der Waals surface area contributed by atoms with Crippen LogP contribution in [0.3, 0.4) is 0 Å². The molecule has 0 aliphatic carbocycles. The number of rotatable bonds is 3. The summed E-state index contributed by atoms with van der Waals surface area (Å²) in [5.41, 5.74) is 7.87. The maximum atomic E-state index is 9.97. The maximum absolute atomic E-state index is 9.97. The number of hydrogen-bond acceptors (Lipinski definition) is 2. The summed E-state index contributed by atoms with van der Waals surface area (Å²) in [7, 11) is 0.